The van der Waals surface area contributed by atoms with Gasteiger partial charge in [-0.25, -0.2) is 4.79 Å². The maximum Gasteiger partial charge on any atom is 0.324 e. The number of imide groups is 1. The highest BCUT2D eigenvalue weighted by Crippen LogP contribution is 2.20. The van der Waals surface area contributed by atoms with E-state index in [1.807, 2.05) is 79.7 Å². The number of urea groups is 1. The van der Waals surface area contributed by atoms with Crippen LogP contribution < -0.4 is 5.32 Å². The van der Waals surface area contributed by atoms with Crippen LogP contribution in [0.2, 0.25) is 0 Å². The molecule has 3 rings (SSSR count). The first-order chi connectivity index (χ1) is 17.0. The van der Waals surface area contributed by atoms with E-state index in [1.165, 1.54) is 0 Å². The molecule has 3 amide bonds. The average Bonchev–Trinajstić information content (AvgIpc) is 2.87. The van der Waals surface area contributed by atoms with Gasteiger partial charge in [-0.05, 0) is 35.2 Å². The van der Waals surface area contributed by atoms with Crippen molar-refractivity contribution in [2.24, 2.45) is 0 Å². The molecule has 0 aliphatic rings. The maximum absolute atomic E-state index is 13.2. The fourth-order valence-electron chi connectivity index (χ4n) is 3.62. The molecule has 0 radical (unpaired) electrons. The zero-order valence-corrected chi connectivity index (χ0v) is 20.5. The average molecular weight is 491 g/mol. The smallest absolute Gasteiger partial charge is 0.324 e. The van der Waals surface area contributed by atoms with Crippen LogP contribution in [0.1, 0.15) is 35.7 Å². The number of carbonyl (C=O) groups is 3. The van der Waals surface area contributed by atoms with E-state index in [4.69, 9.17) is 0 Å². The Balaban J connectivity index is 1.66. The van der Waals surface area contributed by atoms with Crippen LogP contribution in [0, 0.1) is 0 Å². The number of nitrogens with one attached hydrogen (secondary N) is 1. The topological polar surface area (TPSA) is 86.7 Å². The summed E-state index contributed by atoms with van der Waals surface area (Å²) in [6, 6.07) is 25.7. The lowest BCUT2D eigenvalue weighted by molar-refractivity contribution is -0.137. The van der Waals surface area contributed by atoms with E-state index < -0.39 is 23.9 Å². The molecule has 2 N–H and O–H groups in total. The van der Waals surface area contributed by atoms with E-state index in [-0.39, 0.29) is 13.0 Å². The molecule has 0 bridgehead atoms. The Labute approximate surface area is 210 Å². The molecular formula is C28H30N2O4S. The second-order valence-electron chi connectivity index (χ2n) is 8.15. The predicted octanol–water partition coefficient (Wildman–Crippen LogP) is 5.69. The van der Waals surface area contributed by atoms with Crippen LogP contribution in [0.3, 0.4) is 0 Å². The summed E-state index contributed by atoms with van der Waals surface area (Å²) >= 11 is 1.55. The second-order valence-corrected chi connectivity index (χ2v) is 9.18. The lowest BCUT2D eigenvalue weighted by Crippen LogP contribution is -2.49. The minimum atomic E-state index is -1.000. The van der Waals surface area contributed by atoms with Crippen molar-refractivity contribution in [2.75, 3.05) is 12.3 Å². The number of hydrogen-bond donors (Lipinski definition) is 2. The fraction of sp³-hybridized carbons (Fsp3) is 0.250. The normalized spacial score (nSPS) is 11.5. The van der Waals surface area contributed by atoms with Gasteiger partial charge < -0.3 is 10.4 Å². The Morgan fingerprint density at radius 3 is 2.09 bits per heavy atom. The van der Waals surface area contributed by atoms with Crippen molar-refractivity contribution in [1.29, 1.82) is 0 Å². The van der Waals surface area contributed by atoms with Crippen LogP contribution in [0.15, 0.2) is 84.9 Å². The molecule has 0 saturated carbocycles. The third-order valence-electron chi connectivity index (χ3n) is 5.36. The first kappa shape index (κ1) is 26.0. The lowest BCUT2D eigenvalue weighted by Gasteiger charge is -2.24. The molecule has 182 valence electrons. The monoisotopic (exact) mass is 490 g/mol. The van der Waals surface area contributed by atoms with Gasteiger partial charge in [0.25, 0.3) is 5.91 Å². The number of carboxylic acid groups (broad SMARTS) is 1. The second kappa shape index (κ2) is 13.3. The van der Waals surface area contributed by atoms with Gasteiger partial charge in [0.05, 0.1) is 12.5 Å². The van der Waals surface area contributed by atoms with Gasteiger partial charge in [-0.2, -0.15) is 11.8 Å². The van der Waals surface area contributed by atoms with E-state index in [2.05, 4.69) is 5.32 Å². The molecule has 6 nitrogen and oxygen atoms in total. The van der Waals surface area contributed by atoms with Gasteiger partial charge in [-0.15, -0.1) is 0 Å². The van der Waals surface area contributed by atoms with Gasteiger partial charge in [-0.3, -0.25) is 14.5 Å². The molecule has 0 heterocycles. The summed E-state index contributed by atoms with van der Waals surface area (Å²) in [5.41, 5.74) is 3.55. The van der Waals surface area contributed by atoms with Crippen LogP contribution >= 0.6 is 11.8 Å². The van der Waals surface area contributed by atoms with Gasteiger partial charge in [0, 0.05) is 23.6 Å². The van der Waals surface area contributed by atoms with Crippen molar-refractivity contribution in [3.8, 4) is 11.1 Å². The molecule has 7 heteroatoms. The molecule has 3 aromatic carbocycles. The van der Waals surface area contributed by atoms with Crippen LogP contribution in [0.25, 0.3) is 11.1 Å². The molecule has 0 aliphatic carbocycles. The maximum atomic E-state index is 13.2. The summed E-state index contributed by atoms with van der Waals surface area (Å²) in [7, 11) is 0. The molecule has 0 fully saturated rings. The predicted molar refractivity (Wildman–Crippen MR) is 140 cm³/mol. The Kier molecular flexibility index (Phi) is 9.93. The summed E-state index contributed by atoms with van der Waals surface area (Å²) in [6.07, 6.45) is 0.376. The van der Waals surface area contributed by atoms with E-state index in [9.17, 15) is 19.5 Å². The molecule has 0 spiro atoms. The largest absolute Gasteiger partial charge is 0.481 e. The highest BCUT2D eigenvalue weighted by atomic mass is 32.2. The quantitative estimate of drug-likeness (QED) is 0.360. The van der Waals surface area contributed by atoms with Crippen molar-refractivity contribution < 1.29 is 19.5 Å². The van der Waals surface area contributed by atoms with Crippen molar-refractivity contribution >= 4 is 29.7 Å². The molecule has 0 aromatic heterocycles. The van der Waals surface area contributed by atoms with Gasteiger partial charge in [-0.1, -0.05) is 79.7 Å². The SMILES string of the molecule is CCCN(C(=O)N[C@@H](CSCc1ccccc1)CC(=O)O)C(=O)c1ccc(-c2ccccc2)cc1. The Morgan fingerprint density at radius 2 is 1.49 bits per heavy atom. The van der Waals surface area contributed by atoms with E-state index in [0.29, 0.717) is 23.5 Å². The Hall–Kier alpha value is -3.58. The number of rotatable bonds is 11. The van der Waals surface area contributed by atoms with Crippen molar-refractivity contribution in [3.63, 3.8) is 0 Å². The summed E-state index contributed by atoms with van der Waals surface area (Å²) in [5.74, 6) is -0.277. The van der Waals surface area contributed by atoms with Crippen LogP contribution in [-0.4, -0.2) is 46.3 Å². The van der Waals surface area contributed by atoms with Crippen molar-refractivity contribution in [2.45, 2.75) is 31.6 Å². The van der Waals surface area contributed by atoms with Gasteiger partial charge in [0.15, 0.2) is 0 Å². The van der Waals surface area contributed by atoms with Crippen molar-refractivity contribution in [1.82, 2.24) is 10.2 Å². The number of aliphatic carboxylic acids is 1. The minimum Gasteiger partial charge on any atom is -0.481 e. The summed E-state index contributed by atoms with van der Waals surface area (Å²) in [4.78, 5) is 38.8. The molecule has 0 aliphatic heterocycles. The Morgan fingerprint density at radius 1 is 0.886 bits per heavy atom. The molecule has 3 aromatic rings. The number of amides is 3. The van der Waals surface area contributed by atoms with Gasteiger partial charge >= 0.3 is 12.0 Å². The molecular weight excluding hydrogens is 460 g/mol. The number of hydrogen-bond acceptors (Lipinski definition) is 4. The van der Waals surface area contributed by atoms with Crippen LogP contribution in [-0.2, 0) is 10.5 Å². The summed E-state index contributed by atoms with van der Waals surface area (Å²) in [6.45, 7) is 2.12. The van der Waals surface area contributed by atoms with Crippen LogP contribution in [0.4, 0.5) is 4.79 Å². The molecule has 35 heavy (non-hydrogen) atoms. The number of nitrogens with zero attached hydrogens (tertiary/aromatic N) is 1. The third-order valence-corrected chi connectivity index (χ3v) is 6.53. The van der Waals surface area contributed by atoms with Crippen LogP contribution in [0.5, 0.6) is 0 Å². The number of benzene rings is 3. The summed E-state index contributed by atoms with van der Waals surface area (Å²) < 4.78 is 0. The molecule has 1 atom stereocenters. The third kappa shape index (κ3) is 8.00. The highest BCUT2D eigenvalue weighted by molar-refractivity contribution is 7.98. The van der Waals surface area contributed by atoms with Gasteiger partial charge in [0.1, 0.15) is 0 Å². The van der Waals surface area contributed by atoms with E-state index >= 15 is 0 Å². The molecule has 0 unspecified atom stereocenters. The zero-order valence-electron chi connectivity index (χ0n) is 19.7. The minimum absolute atomic E-state index is 0.215. The Bertz CT molecular complexity index is 1100. The van der Waals surface area contributed by atoms with Crippen molar-refractivity contribution in [3.05, 3.63) is 96.1 Å². The summed E-state index contributed by atoms with van der Waals surface area (Å²) in [5, 5.41) is 12.1. The van der Waals surface area contributed by atoms with E-state index in [1.54, 1.807) is 23.9 Å². The first-order valence-corrected chi connectivity index (χ1v) is 12.7. The zero-order chi connectivity index (χ0) is 25.0. The first-order valence-electron chi connectivity index (χ1n) is 11.6. The fourth-order valence-corrected chi connectivity index (χ4v) is 4.65. The number of thioether (sulfide) groups is 1. The highest BCUT2D eigenvalue weighted by Gasteiger charge is 2.25. The lowest BCUT2D eigenvalue weighted by atomic mass is 10.0. The van der Waals surface area contributed by atoms with E-state index in [0.717, 1.165) is 21.6 Å². The number of carbonyl (C=O) groups excluding carboxylic acids is 2. The molecule has 0 saturated heterocycles. The number of carboxylic acids is 1. The van der Waals surface area contributed by atoms with Gasteiger partial charge in [0.2, 0.25) is 0 Å². The standard InChI is InChI=1S/C28H30N2O4S/c1-2-17-30(27(33)24-15-13-23(14-16-24)22-11-7-4-8-12-22)28(34)29-25(18-26(31)32)20-35-19-21-9-5-3-6-10-21/h3-16,25H,2,17-20H2,1H3,(H,29,34)(H,31,32)/t25-/m1/s1.